The molecule has 0 saturated carbocycles. The molecule has 1 N–H and O–H groups in total. The van der Waals surface area contributed by atoms with Gasteiger partial charge in [0, 0.05) is 11.4 Å². The molecule has 6 aromatic carbocycles. The van der Waals surface area contributed by atoms with Gasteiger partial charge in [-0.05, 0) is 57.6 Å². The minimum Gasteiger partial charge on any atom is -0.313 e. The number of hydrogen-bond acceptors (Lipinski definition) is 1. The molecular formula is C38H31N2O2P. The van der Waals surface area contributed by atoms with Gasteiger partial charge >= 0.3 is 7.67 Å². The highest BCUT2D eigenvalue weighted by molar-refractivity contribution is 7.62. The predicted molar refractivity (Wildman–Crippen MR) is 177 cm³/mol. The van der Waals surface area contributed by atoms with Crippen molar-refractivity contribution in [1.29, 1.82) is 0 Å². The maximum absolute atomic E-state index is 15.1. The van der Waals surface area contributed by atoms with Gasteiger partial charge in [-0.2, -0.15) is 0 Å². The van der Waals surface area contributed by atoms with Crippen LogP contribution in [-0.4, -0.2) is 4.89 Å². The van der Waals surface area contributed by atoms with E-state index in [1.165, 1.54) is 0 Å². The normalized spacial score (nSPS) is 17.6. The second-order valence-electron chi connectivity index (χ2n) is 10.7. The van der Waals surface area contributed by atoms with Gasteiger partial charge in [-0.25, -0.2) is 4.57 Å². The van der Waals surface area contributed by atoms with E-state index >= 15 is 4.57 Å². The largest absolute Gasteiger partial charge is 0.395 e. The van der Waals surface area contributed by atoms with Crippen molar-refractivity contribution in [2.45, 2.75) is 12.1 Å². The lowest BCUT2D eigenvalue weighted by atomic mass is 9.92. The number of hydrogen-bond donors (Lipinski definition) is 1. The average Bonchev–Trinajstić information content (AvgIpc) is 3.33. The summed E-state index contributed by atoms with van der Waals surface area (Å²) in [6.45, 7) is 0. The van der Waals surface area contributed by atoms with Crippen LogP contribution < -0.4 is 9.34 Å². The van der Waals surface area contributed by atoms with Crippen LogP contribution >= 0.6 is 7.67 Å². The summed E-state index contributed by atoms with van der Waals surface area (Å²) in [6.07, 6.45) is 0. The van der Waals surface area contributed by atoms with Crippen molar-refractivity contribution >= 4 is 19.0 Å². The van der Waals surface area contributed by atoms with Crippen LogP contribution in [0.25, 0.3) is 22.3 Å². The zero-order chi connectivity index (χ0) is 29.2. The molecule has 4 nitrogen and oxygen atoms in total. The lowest BCUT2D eigenvalue weighted by molar-refractivity contribution is 0.476. The molecule has 5 heteroatoms. The van der Waals surface area contributed by atoms with E-state index in [9.17, 15) is 4.89 Å². The van der Waals surface area contributed by atoms with Crippen molar-refractivity contribution in [1.82, 2.24) is 0 Å². The highest BCUT2D eigenvalue weighted by atomic mass is 31.2. The number of nitrogens with zero attached hydrogens (tertiary/aromatic N) is 2. The van der Waals surface area contributed by atoms with Gasteiger partial charge in [0.2, 0.25) is 0 Å². The molecule has 0 amide bonds. The molecule has 0 radical (unpaired) electrons. The van der Waals surface area contributed by atoms with Gasteiger partial charge in [-0.3, -0.25) is 9.34 Å². The second-order valence-corrected chi connectivity index (χ2v) is 12.6. The van der Waals surface area contributed by atoms with Crippen LogP contribution in [0.5, 0.6) is 0 Å². The molecule has 0 spiro atoms. The Kier molecular flexibility index (Phi) is 7.16. The summed E-state index contributed by atoms with van der Waals surface area (Å²) in [5, 5.41) is 0. The average molecular weight is 579 g/mol. The van der Waals surface area contributed by atoms with Crippen molar-refractivity contribution in [2.75, 3.05) is 9.34 Å². The molecule has 1 saturated heterocycles. The van der Waals surface area contributed by atoms with E-state index in [1.807, 2.05) is 121 Å². The molecule has 210 valence electrons. The van der Waals surface area contributed by atoms with E-state index in [0.717, 1.165) is 33.4 Å². The highest BCUT2D eigenvalue weighted by Crippen LogP contribution is 2.69. The Labute approximate surface area is 252 Å². The summed E-state index contributed by atoms with van der Waals surface area (Å²) in [4.78, 5) is 12.4. The number of rotatable bonds is 6. The van der Waals surface area contributed by atoms with Crippen molar-refractivity contribution < 1.29 is 9.46 Å². The minimum atomic E-state index is -4.21. The Morgan fingerprint density at radius 2 is 0.744 bits per heavy atom. The summed E-state index contributed by atoms with van der Waals surface area (Å²) in [7, 11) is -4.21. The fourth-order valence-electron chi connectivity index (χ4n) is 6.18. The Morgan fingerprint density at radius 3 is 1.12 bits per heavy atom. The Hall–Kier alpha value is -4.89. The van der Waals surface area contributed by atoms with Crippen molar-refractivity contribution in [3.63, 3.8) is 0 Å². The van der Waals surface area contributed by atoms with Crippen molar-refractivity contribution in [3.8, 4) is 22.3 Å². The SMILES string of the molecule is O=P1(O)N(c2cccc(-c3ccccc3)c2)[C@H](c2ccccc2)[C@@H](c2ccccc2)N1c1cccc(-c2ccccc2)c1. The standard InChI is InChI=1S/C38H31N2O2P/c41-43(42)39(35-25-13-23-33(27-35)29-15-5-1-6-16-29)37(31-19-9-3-10-20-31)38(32-21-11-4-12-22-32)40(43)36-26-14-24-34(28-36)30-17-7-2-8-18-30/h1-28,37-38H,(H,41,42)/t37-,38-/m1/s1. The molecule has 1 aliphatic rings. The maximum atomic E-state index is 15.1. The molecule has 1 heterocycles. The third-order valence-electron chi connectivity index (χ3n) is 8.11. The smallest absolute Gasteiger partial charge is 0.313 e. The maximum Gasteiger partial charge on any atom is 0.395 e. The lowest BCUT2D eigenvalue weighted by Crippen LogP contribution is -2.23. The molecule has 2 atom stereocenters. The first-order valence-corrected chi connectivity index (χ1v) is 16.0. The summed E-state index contributed by atoms with van der Waals surface area (Å²) >= 11 is 0. The second kappa shape index (κ2) is 11.4. The number of anilines is 2. The molecule has 1 fully saturated rings. The minimum absolute atomic E-state index is 0.439. The molecule has 1 aliphatic heterocycles. The Balaban J connectivity index is 1.46. The van der Waals surface area contributed by atoms with Gasteiger partial charge in [0.05, 0.1) is 12.1 Å². The number of benzene rings is 6. The van der Waals surface area contributed by atoms with Crippen LogP contribution in [0.1, 0.15) is 23.2 Å². The van der Waals surface area contributed by atoms with Crippen molar-refractivity contribution in [2.24, 2.45) is 0 Å². The van der Waals surface area contributed by atoms with Crippen LogP contribution in [0, 0.1) is 0 Å². The Bertz CT molecular complexity index is 1750. The predicted octanol–water partition coefficient (Wildman–Crippen LogP) is 9.93. The topological polar surface area (TPSA) is 43.8 Å². The van der Waals surface area contributed by atoms with Gasteiger partial charge in [-0.1, -0.05) is 146 Å². The van der Waals surface area contributed by atoms with E-state index in [2.05, 4.69) is 48.5 Å². The fraction of sp³-hybridized carbons (Fsp3) is 0.0526. The van der Waals surface area contributed by atoms with Crippen LogP contribution in [0.3, 0.4) is 0 Å². The highest BCUT2D eigenvalue weighted by Gasteiger charge is 2.56. The van der Waals surface area contributed by atoms with E-state index in [1.54, 1.807) is 9.34 Å². The zero-order valence-electron chi connectivity index (χ0n) is 23.5. The summed E-state index contributed by atoms with van der Waals surface area (Å²) in [5.74, 6) is 0. The Morgan fingerprint density at radius 1 is 0.419 bits per heavy atom. The quantitative estimate of drug-likeness (QED) is 0.200. The summed E-state index contributed by atoms with van der Waals surface area (Å²) < 4.78 is 18.7. The first kappa shape index (κ1) is 27.0. The fourth-order valence-corrected chi connectivity index (χ4v) is 8.41. The van der Waals surface area contributed by atoms with Crippen LogP contribution in [0.4, 0.5) is 11.4 Å². The van der Waals surface area contributed by atoms with E-state index < -0.39 is 19.8 Å². The summed E-state index contributed by atoms with van der Waals surface area (Å²) in [6, 6.07) is 55.5. The molecule has 7 rings (SSSR count). The van der Waals surface area contributed by atoms with Gasteiger partial charge in [0.1, 0.15) is 0 Å². The van der Waals surface area contributed by atoms with Gasteiger partial charge in [-0.15, -0.1) is 0 Å². The monoisotopic (exact) mass is 578 g/mol. The lowest BCUT2D eigenvalue weighted by Gasteiger charge is -2.30. The third kappa shape index (κ3) is 5.06. The van der Waals surface area contributed by atoms with E-state index in [4.69, 9.17) is 0 Å². The van der Waals surface area contributed by atoms with Crippen molar-refractivity contribution in [3.05, 3.63) is 181 Å². The zero-order valence-corrected chi connectivity index (χ0v) is 24.4. The van der Waals surface area contributed by atoms with E-state index in [0.29, 0.717) is 11.4 Å². The first-order chi connectivity index (χ1) is 21.1. The molecule has 0 bridgehead atoms. The summed E-state index contributed by atoms with van der Waals surface area (Å²) in [5.41, 5.74) is 7.43. The molecule has 0 aliphatic carbocycles. The molecule has 6 aromatic rings. The third-order valence-corrected chi connectivity index (χ3v) is 10.2. The van der Waals surface area contributed by atoms with Crippen LogP contribution in [-0.2, 0) is 4.57 Å². The molecule has 0 aromatic heterocycles. The molecular weight excluding hydrogens is 547 g/mol. The van der Waals surface area contributed by atoms with Crippen LogP contribution in [0.2, 0.25) is 0 Å². The first-order valence-electron chi connectivity index (χ1n) is 14.4. The van der Waals surface area contributed by atoms with Gasteiger partial charge in [0.15, 0.2) is 0 Å². The molecule has 43 heavy (non-hydrogen) atoms. The molecule has 0 unspecified atom stereocenters. The van der Waals surface area contributed by atoms with Crippen LogP contribution in [0.15, 0.2) is 170 Å². The van der Waals surface area contributed by atoms with Gasteiger partial charge in [0.25, 0.3) is 0 Å². The van der Waals surface area contributed by atoms with E-state index in [-0.39, 0.29) is 0 Å². The van der Waals surface area contributed by atoms with Gasteiger partial charge < -0.3 is 4.89 Å².